The van der Waals surface area contributed by atoms with Gasteiger partial charge in [0.15, 0.2) is 5.82 Å². The molecule has 0 unspecified atom stereocenters. The first-order valence-corrected chi connectivity index (χ1v) is 6.78. The number of benzene rings is 1. The summed E-state index contributed by atoms with van der Waals surface area (Å²) in [6.45, 7) is 0. The van der Waals surface area contributed by atoms with Crippen molar-refractivity contribution in [3.8, 4) is 5.75 Å². The van der Waals surface area contributed by atoms with E-state index in [0.717, 1.165) is 22.3 Å². The van der Waals surface area contributed by atoms with Crippen LogP contribution in [0.2, 0.25) is 0 Å². The molecule has 0 amide bonds. The lowest BCUT2D eigenvalue weighted by molar-refractivity contribution is 0.414. The van der Waals surface area contributed by atoms with Gasteiger partial charge >= 0.3 is 0 Å². The van der Waals surface area contributed by atoms with Crippen LogP contribution in [-0.4, -0.2) is 33.6 Å². The number of methoxy groups -OCH3 is 1. The summed E-state index contributed by atoms with van der Waals surface area (Å²) in [5.74, 6) is 2.88. The van der Waals surface area contributed by atoms with Crippen LogP contribution < -0.4 is 10.5 Å². The molecule has 7 heteroatoms. The van der Waals surface area contributed by atoms with Gasteiger partial charge in [-0.1, -0.05) is 23.9 Å². The predicted molar refractivity (Wildman–Crippen MR) is 73.6 cm³/mol. The van der Waals surface area contributed by atoms with Gasteiger partial charge in [0.1, 0.15) is 11.6 Å². The number of aromatic nitrogens is 3. The Kier molecular flexibility index (Phi) is 3.12. The van der Waals surface area contributed by atoms with Gasteiger partial charge < -0.3 is 10.5 Å². The SMILES string of the molecule is COc1ccc(Cc2nnc3n2N=C(N)CS3)cc1. The van der Waals surface area contributed by atoms with E-state index in [0.29, 0.717) is 18.0 Å². The number of nitrogens with two attached hydrogens (primary N) is 1. The van der Waals surface area contributed by atoms with Crippen molar-refractivity contribution >= 4 is 17.6 Å². The predicted octanol–water partition coefficient (Wildman–Crippen LogP) is 1.10. The van der Waals surface area contributed by atoms with Crippen molar-refractivity contribution in [2.45, 2.75) is 11.6 Å². The highest BCUT2D eigenvalue weighted by molar-refractivity contribution is 7.99. The van der Waals surface area contributed by atoms with Crippen molar-refractivity contribution in [2.24, 2.45) is 10.8 Å². The second-order valence-electron chi connectivity index (χ2n) is 4.12. The van der Waals surface area contributed by atoms with E-state index in [-0.39, 0.29) is 0 Å². The van der Waals surface area contributed by atoms with Gasteiger partial charge in [-0.25, -0.2) is 0 Å². The van der Waals surface area contributed by atoms with Crippen molar-refractivity contribution < 1.29 is 4.74 Å². The highest BCUT2D eigenvalue weighted by Crippen LogP contribution is 2.22. The third-order valence-electron chi connectivity index (χ3n) is 2.78. The van der Waals surface area contributed by atoms with Crippen molar-refractivity contribution in [3.05, 3.63) is 35.7 Å². The van der Waals surface area contributed by atoms with Gasteiger partial charge in [-0.05, 0) is 17.7 Å². The summed E-state index contributed by atoms with van der Waals surface area (Å²) in [6.07, 6.45) is 0.661. The molecule has 2 heterocycles. The van der Waals surface area contributed by atoms with E-state index in [4.69, 9.17) is 10.5 Å². The largest absolute Gasteiger partial charge is 0.497 e. The zero-order valence-electron chi connectivity index (χ0n) is 10.4. The van der Waals surface area contributed by atoms with Crippen LogP contribution in [0.15, 0.2) is 34.5 Å². The molecule has 0 aliphatic carbocycles. The number of amidine groups is 1. The van der Waals surface area contributed by atoms with Crippen LogP contribution in [-0.2, 0) is 6.42 Å². The molecule has 0 saturated carbocycles. The van der Waals surface area contributed by atoms with Gasteiger partial charge in [0.2, 0.25) is 5.16 Å². The molecule has 1 aliphatic heterocycles. The molecule has 3 rings (SSSR count). The van der Waals surface area contributed by atoms with Crippen LogP contribution in [0.4, 0.5) is 0 Å². The molecule has 1 aliphatic rings. The zero-order chi connectivity index (χ0) is 13.2. The maximum atomic E-state index is 5.75. The van der Waals surface area contributed by atoms with Crippen molar-refractivity contribution in [3.63, 3.8) is 0 Å². The van der Waals surface area contributed by atoms with Gasteiger partial charge in [-0.15, -0.1) is 10.2 Å². The first-order valence-electron chi connectivity index (χ1n) is 5.79. The smallest absolute Gasteiger partial charge is 0.212 e. The summed E-state index contributed by atoms with van der Waals surface area (Å²) < 4.78 is 6.85. The fourth-order valence-electron chi connectivity index (χ4n) is 1.82. The molecule has 0 atom stereocenters. The topological polar surface area (TPSA) is 78.3 Å². The Morgan fingerprint density at radius 2 is 2.11 bits per heavy atom. The number of thioether (sulfide) groups is 1. The number of nitrogens with zero attached hydrogens (tertiary/aromatic N) is 4. The summed E-state index contributed by atoms with van der Waals surface area (Å²) in [5, 5.41) is 13.3. The van der Waals surface area contributed by atoms with Gasteiger partial charge in [0.25, 0.3) is 0 Å². The molecule has 6 nitrogen and oxygen atoms in total. The van der Waals surface area contributed by atoms with Crippen LogP contribution in [0.25, 0.3) is 0 Å². The lowest BCUT2D eigenvalue weighted by Crippen LogP contribution is -2.21. The van der Waals surface area contributed by atoms with Crippen LogP contribution in [0, 0.1) is 0 Å². The third kappa shape index (κ3) is 2.41. The summed E-state index contributed by atoms with van der Waals surface area (Å²) >= 11 is 1.55. The highest BCUT2D eigenvalue weighted by Gasteiger charge is 2.17. The Bertz CT molecular complexity index is 620. The van der Waals surface area contributed by atoms with E-state index >= 15 is 0 Å². The number of rotatable bonds is 3. The van der Waals surface area contributed by atoms with E-state index in [1.807, 2.05) is 24.3 Å². The highest BCUT2D eigenvalue weighted by atomic mass is 32.2. The number of hydrogen-bond donors (Lipinski definition) is 1. The maximum absolute atomic E-state index is 5.75. The Hall–Kier alpha value is -2.02. The molecule has 1 aromatic carbocycles. The van der Waals surface area contributed by atoms with Crippen LogP contribution in [0.1, 0.15) is 11.4 Å². The van der Waals surface area contributed by atoms with E-state index in [1.165, 1.54) is 0 Å². The molecule has 19 heavy (non-hydrogen) atoms. The van der Waals surface area contributed by atoms with E-state index < -0.39 is 0 Å². The molecular formula is C12H13N5OS. The second kappa shape index (κ2) is 4.93. The van der Waals surface area contributed by atoms with Crippen LogP contribution in [0.5, 0.6) is 5.75 Å². The fraction of sp³-hybridized carbons (Fsp3) is 0.250. The van der Waals surface area contributed by atoms with E-state index in [1.54, 1.807) is 23.5 Å². The maximum Gasteiger partial charge on any atom is 0.212 e. The lowest BCUT2D eigenvalue weighted by atomic mass is 10.1. The van der Waals surface area contributed by atoms with Gasteiger partial charge in [-0.3, -0.25) is 0 Å². The number of fused-ring (bicyclic) bond motifs is 1. The first-order chi connectivity index (χ1) is 9.26. The molecule has 98 valence electrons. The Balaban J connectivity index is 1.86. The normalized spacial score (nSPS) is 13.8. The first kappa shape index (κ1) is 12.0. The summed E-state index contributed by atoms with van der Waals surface area (Å²) in [5.41, 5.74) is 6.87. The minimum absolute atomic E-state index is 0.591. The quantitative estimate of drug-likeness (QED) is 0.907. The molecule has 2 aromatic rings. The number of ether oxygens (including phenoxy) is 1. The molecule has 0 spiro atoms. The average molecular weight is 275 g/mol. The summed E-state index contributed by atoms with van der Waals surface area (Å²) in [7, 11) is 1.65. The Labute approximate surface area is 114 Å². The molecule has 0 saturated heterocycles. The molecule has 2 N–H and O–H groups in total. The molecule has 0 bridgehead atoms. The minimum Gasteiger partial charge on any atom is -0.497 e. The molecule has 1 aromatic heterocycles. The zero-order valence-corrected chi connectivity index (χ0v) is 11.2. The summed E-state index contributed by atoms with van der Waals surface area (Å²) in [4.78, 5) is 0. The Morgan fingerprint density at radius 1 is 1.32 bits per heavy atom. The van der Waals surface area contributed by atoms with E-state index in [2.05, 4.69) is 15.3 Å². The van der Waals surface area contributed by atoms with Crippen LogP contribution in [0.3, 0.4) is 0 Å². The standard InChI is InChI=1S/C12H13N5OS/c1-18-9-4-2-8(3-5-9)6-11-14-15-12-17(11)16-10(13)7-19-12/h2-5H,6-7H2,1H3,(H2,13,16). The van der Waals surface area contributed by atoms with Crippen molar-refractivity contribution in [1.82, 2.24) is 14.9 Å². The minimum atomic E-state index is 0.591. The monoisotopic (exact) mass is 275 g/mol. The average Bonchev–Trinajstić information content (AvgIpc) is 2.82. The second-order valence-corrected chi connectivity index (χ2v) is 5.06. The van der Waals surface area contributed by atoms with Gasteiger partial charge in [0, 0.05) is 6.42 Å². The van der Waals surface area contributed by atoms with Crippen molar-refractivity contribution in [1.29, 1.82) is 0 Å². The lowest BCUT2D eigenvalue weighted by Gasteiger charge is -2.10. The summed E-state index contributed by atoms with van der Waals surface area (Å²) in [6, 6.07) is 7.86. The molecule has 0 fully saturated rings. The fourth-order valence-corrected chi connectivity index (χ4v) is 2.52. The van der Waals surface area contributed by atoms with Gasteiger partial charge in [-0.2, -0.15) is 9.78 Å². The molecule has 0 radical (unpaired) electrons. The van der Waals surface area contributed by atoms with E-state index in [9.17, 15) is 0 Å². The van der Waals surface area contributed by atoms with Crippen molar-refractivity contribution in [2.75, 3.05) is 12.9 Å². The van der Waals surface area contributed by atoms with Crippen LogP contribution >= 0.6 is 11.8 Å². The molecular weight excluding hydrogens is 262 g/mol. The number of hydrogen-bond acceptors (Lipinski definition) is 6. The van der Waals surface area contributed by atoms with Gasteiger partial charge in [0.05, 0.1) is 12.9 Å². The third-order valence-corrected chi connectivity index (χ3v) is 3.73. The Morgan fingerprint density at radius 3 is 2.84 bits per heavy atom.